The lowest BCUT2D eigenvalue weighted by Gasteiger charge is -2.33. The fourth-order valence-corrected chi connectivity index (χ4v) is 2.16. The maximum absolute atomic E-state index is 12.1. The number of epoxide rings is 1. The van der Waals surface area contributed by atoms with Gasteiger partial charge in [0.2, 0.25) is 0 Å². The van der Waals surface area contributed by atoms with Gasteiger partial charge in [-0.25, -0.2) is 0 Å². The van der Waals surface area contributed by atoms with E-state index in [1.54, 1.807) is 13.8 Å². The molecule has 0 bridgehead atoms. The van der Waals surface area contributed by atoms with Crippen LogP contribution >= 0.6 is 0 Å². The highest BCUT2D eigenvalue weighted by Gasteiger charge is 2.43. The predicted molar refractivity (Wildman–Crippen MR) is 69.5 cm³/mol. The molecule has 0 spiro atoms. The molecule has 2 unspecified atom stereocenters. The molecule has 1 fully saturated rings. The summed E-state index contributed by atoms with van der Waals surface area (Å²) in [4.78, 5) is 23.9. The first-order valence-electron chi connectivity index (χ1n) is 6.62. The lowest BCUT2D eigenvalue weighted by Crippen LogP contribution is -2.38. The smallest absolute Gasteiger partial charge is 0.311 e. The van der Waals surface area contributed by atoms with Crippen molar-refractivity contribution in [2.75, 3.05) is 20.3 Å². The number of hydrogen-bond acceptors (Lipinski definition) is 5. The van der Waals surface area contributed by atoms with Crippen LogP contribution in [-0.4, -0.2) is 38.4 Å². The molecule has 5 heteroatoms. The Hall–Kier alpha value is -1.10. The largest absolute Gasteiger partial charge is 0.469 e. The fraction of sp³-hybridized carbons (Fsp3) is 0.857. The highest BCUT2D eigenvalue weighted by molar-refractivity contribution is 5.80. The Balaban J connectivity index is 2.63. The summed E-state index contributed by atoms with van der Waals surface area (Å²) in [5.41, 5.74) is -1.40. The SMILES string of the molecule is CCC(C)(CC(C)(C)C(=O)OCC1CO1)C(=O)OC. The zero-order valence-corrected chi connectivity index (χ0v) is 12.4. The van der Waals surface area contributed by atoms with Gasteiger partial charge in [0.05, 0.1) is 24.5 Å². The summed E-state index contributed by atoms with van der Waals surface area (Å²) in [6, 6.07) is 0. The van der Waals surface area contributed by atoms with Crippen LogP contribution < -0.4 is 0 Å². The van der Waals surface area contributed by atoms with Crippen molar-refractivity contribution in [3.63, 3.8) is 0 Å². The number of carbonyl (C=O) groups excluding carboxylic acids is 2. The molecule has 0 aromatic carbocycles. The molecule has 1 heterocycles. The van der Waals surface area contributed by atoms with E-state index < -0.39 is 10.8 Å². The third-order valence-corrected chi connectivity index (χ3v) is 3.65. The molecule has 0 N–H and O–H groups in total. The molecule has 0 saturated carbocycles. The van der Waals surface area contributed by atoms with E-state index in [9.17, 15) is 9.59 Å². The lowest BCUT2D eigenvalue weighted by atomic mass is 9.72. The van der Waals surface area contributed by atoms with E-state index in [0.717, 1.165) is 0 Å². The molecule has 0 aromatic rings. The minimum Gasteiger partial charge on any atom is -0.469 e. The van der Waals surface area contributed by atoms with Gasteiger partial charge in [-0.05, 0) is 33.6 Å². The monoisotopic (exact) mass is 272 g/mol. The number of ether oxygens (including phenoxy) is 3. The van der Waals surface area contributed by atoms with Crippen LogP contribution in [0.4, 0.5) is 0 Å². The van der Waals surface area contributed by atoms with Crippen LogP contribution in [0.1, 0.15) is 40.5 Å². The Morgan fingerprint density at radius 1 is 1.26 bits per heavy atom. The van der Waals surface area contributed by atoms with Crippen LogP contribution in [-0.2, 0) is 23.8 Å². The minimum atomic E-state index is -0.728. The molecule has 0 aliphatic carbocycles. The maximum atomic E-state index is 12.1. The highest BCUT2D eigenvalue weighted by Crippen LogP contribution is 2.38. The summed E-state index contributed by atoms with van der Waals surface area (Å²) in [5.74, 6) is -0.590. The third kappa shape index (κ3) is 4.20. The molecule has 110 valence electrons. The first kappa shape index (κ1) is 16.0. The van der Waals surface area contributed by atoms with Crippen LogP contribution in [0.3, 0.4) is 0 Å². The summed E-state index contributed by atoms with van der Waals surface area (Å²) in [7, 11) is 1.37. The summed E-state index contributed by atoms with van der Waals surface area (Å²) in [5, 5.41) is 0. The van der Waals surface area contributed by atoms with Gasteiger partial charge >= 0.3 is 11.9 Å². The third-order valence-electron chi connectivity index (χ3n) is 3.65. The number of hydrogen-bond donors (Lipinski definition) is 0. The van der Waals surface area contributed by atoms with Crippen LogP contribution in [0.5, 0.6) is 0 Å². The van der Waals surface area contributed by atoms with Crippen molar-refractivity contribution in [2.24, 2.45) is 10.8 Å². The lowest BCUT2D eigenvalue weighted by molar-refractivity contribution is -0.161. The summed E-state index contributed by atoms with van der Waals surface area (Å²) >= 11 is 0. The maximum Gasteiger partial charge on any atom is 0.311 e. The molecule has 0 amide bonds. The highest BCUT2D eigenvalue weighted by atomic mass is 16.6. The predicted octanol–water partition coefficient (Wildman–Crippen LogP) is 1.93. The normalized spacial score (nSPS) is 21.4. The van der Waals surface area contributed by atoms with Gasteiger partial charge in [-0.2, -0.15) is 0 Å². The van der Waals surface area contributed by atoms with Gasteiger partial charge in [0.25, 0.3) is 0 Å². The molecule has 0 aromatic heterocycles. The average molecular weight is 272 g/mol. The second kappa shape index (κ2) is 5.90. The molecular weight excluding hydrogens is 248 g/mol. The van der Waals surface area contributed by atoms with Crippen molar-refractivity contribution in [3.05, 3.63) is 0 Å². The van der Waals surface area contributed by atoms with E-state index >= 15 is 0 Å². The van der Waals surface area contributed by atoms with Gasteiger partial charge < -0.3 is 14.2 Å². The number of rotatable bonds is 7. The Morgan fingerprint density at radius 3 is 2.26 bits per heavy atom. The Morgan fingerprint density at radius 2 is 1.84 bits per heavy atom. The number of esters is 2. The van der Waals surface area contributed by atoms with Crippen molar-refractivity contribution < 1.29 is 23.8 Å². The Labute approximate surface area is 114 Å². The van der Waals surface area contributed by atoms with Gasteiger partial charge in [-0.3, -0.25) is 9.59 Å². The van der Waals surface area contributed by atoms with Gasteiger partial charge in [0.15, 0.2) is 0 Å². The van der Waals surface area contributed by atoms with E-state index in [2.05, 4.69) is 0 Å². The summed E-state index contributed by atoms with van der Waals surface area (Å²) < 4.78 is 15.0. The van der Waals surface area contributed by atoms with Crippen LogP contribution in [0, 0.1) is 10.8 Å². The van der Waals surface area contributed by atoms with Crippen molar-refractivity contribution >= 4 is 11.9 Å². The standard InChI is InChI=1S/C14H24O5/c1-6-14(4,12(16)17-5)9-13(2,3)11(15)19-8-10-7-18-10/h10H,6-9H2,1-5H3. The topological polar surface area (TPSA) is 65.1 Å². The Bertz CT molecular complexity index is 346. The molecule has 1 rings (SSSR count). The molecule has 1 aliphatic heterocycles. The zero-order valence-electron chi connectivity index (χ0n) is 12.4. The van der Waals surface area contributed by atoms with Crippen LogP contribution in [0.15, 0.2) is 0 Å². The minimum absolute atomic E-state index is 0.0536. The summed E-state index contributed by atoms with van der Waals surface area (Å²) in [6.07, 6.45) is 1.06. The van der Waals surface area contributed by atoms with Crippen molar-refractivity contribution in [2.45, 2.75) is 46.6 Å². The molecular formula is C14H24O5. The second-order valence-electron chi connectivity index (χ2n) is 6.02. The van der Waals surface area contributed by atoms with E-state index in [-0.39, 0.29) is 18.0 Å². The average Bonchev–Trinajstić information content (AvgIpc) is 3.17. The van der Waals surface area contributed by atoms with E-state index in [4.69, 9.17) is 14.2 Å². The first-order valence-corrected chi connectivity index (χ1v) is 6.62. The quantitative estimate of drug-likeness (QED) is 0.523. The van der Waals surface area contributed by atoms with Crippen LogP contribution in [0.2, 0.25) is 0 Å². The fourth-order valence-electron chi connectivity index (χ4n) is 2.16. The van der Waals surface area contributed by atoms with Crippen molar-refractivity contribution in [3.8, 4) is 0 Å². The molecule has 2 atom stereocenters. The molecule has 1 saturated heterocycles. The van der Waals surface area contributed by atoms with E-state index in [0.29, 0.717) is 26.1 Å². The Kier molecular flexibility index (Phi) is 4.96. The van der Waals surface area contributed by atoms with Gasteiger partial charge in [0.1, 0.15) is 12.7 Å². The summed E-state index contributed by atoms with van der Waals surface area (Å²) in [6.45, 7) is 8.26. The number of carbonyl (C=O) groups is 2. The van der Waals surface area contributed by atoms with Gasteiger partial charge in [-0.15, -0.1) is 0 Å². The zero-order chi connectivity index (χ0) is 14.7. The van der Waals surface area contributed by atoms with Gasteiger partial charge in [0, 0.05) is 0 Å². The second-order valence-corrected chi connectivity index (χ2v) is 6.02. The molecule has 1 aliphatic rings. The molecule has 0 radical (unpaired) electrons. The van der Waals surface area contributed by atoms with Crippen molar-refractivity contribution in [1.82, 2.24) is 0 Å². The number of methoxy groups -OCH3 is 1. The molecule has 19 heavy (non-hydrogen) atoms. The van der Waals surface area contributed by atoms with E-state index in [1.165, 1.54) is 7.11 Å². The van der Waals surface area contributed by atoms with Gasteiger partial charge in [-0.1, -0.05) is 6.92 Å². The van der Waals surface area contributed by atoms with Crippen molar-refractivity contribution in [1.29, 1.82) is 0 Å². The molecule has 5 nitrogen and oxygen atoms in total. The van der Waals surface area contributed by atoms with E-state index in [1.807, 2.05) is 13.8 Å². The van der Waals surface area contributed by atoms with Crippen LogP contribution in [0.25, 0.3) is 0 Å². The first-order chi connectivity index (χ1) is 8.75.